The predicted molar refractivity (Wildman–Crippen MR) is 49.2 cm³/mol. The van der Waals surface area contributed by atoms with Crippen LogP contribution in [0.2, 0.25) is 20.2 Å². The van der Waals surface area contributed by atoms with E-state index >= 15 is 0 Å². The van der Waals surface area contributed by atoms with Crippen LogP contribution in [0.15, 0.2) is 6.20 Å². The summed E-state index contributed by atoms with van der Waals surface area (Å²) in [5, 5.41) is 0.866. The van der Waals surface area contributed by atoms with Crippen LogP contribution in [0.25, 0.3) is 0 Å². The third-order valence-electron chi connectivity index (χ3n) is 1.20. The zero-order chi connectivity index (χ0) is 9.30. The highest BCUT2D eigenvalue weighted by molar-refractivity contribution is 6.50. The van der Waals surface area contributed by atoms with Gasteiger partial charge in [0.15, 0.2) is 5.02 Å². The topological polar surface area (TPSA) is 13.1 Å². The van der Waals surface area contributed by atoms with E-state index in [1.165, 1.54) is 18.0 Å². The number of aromatic nitrogens is 1. The molecule has 0 aliphatic rings. The van der Waals surface area contributed by atoms with Gasteiger partial charge in [-0.1, -0.05) is 34.8 Å². The van der Waals surface area contributed by atoms with Crippen LogP contribution in [-0.4, -0.2) is 7.11 Å². The molecule has 0 N–H and O–H groups in total. The Morgan fingerprint density at radius 1 is 1.17 bits per heavy atom. The summed E-state index contributed by atoms with van der Waals surface area (Å²) in [6, 6.07) is 0. The van der Waals surface area contributed by atoms with Crippen LogP contribution in [0.1, 0.15) is 0 Å². The SMILES string of the molecule is CO[n+]1cc(Cl)c(Cl)c(Cl)c1Cl. The minimum atomic E-state index is 0.174. The first-order valence-electron chi connectivity index (χ1n) is 2.87. The van der Waals surface area contributed by atoms with Gasteiger partial charge in [0.05, 0.1) is 5.02 Å². The van der Waals surface area contributed by atoms with Gasteiger partial charge in [0.1, 0.15) is 12.1 Å². The lowest BCUT2D eigenvalue weighted by atomic mass is 10.5. The molecule has 2 nitrogen and oxygen atoms in total. The van der Waals surface area contributed by atoms with Crippen molar-refractivity contribution in [1.82, 2.24) is 0 Å². The van der Waals surface area contributed by atoms with Gasteiger partial charge in [-0.3, -0.25) is 4.84 Å². The van der Waals surface area contributed by atoms with Crippen molar-refractivity contribution in [2.45, 2.75) is 0 Å². The van der Waals surface area contributed by atoms with Crippen LogP contribution in [0.4, 0.5) is 0 Å². The van der Waals surface area contributed by atoms with E-state index in [1.54, 1.807) is 0 Å². The molecule has 0 saturated carbocycles. The van der Waals surface area contributed by atoms with Crippen molar-refractivity contribution in [3.8, 4) is 0 Å². The molecule has 1 aromatic heterocycles. The number of hydrogen-bond donors (Lipinski definition) is 0. The largest absolute Gasteiger partial charge is 0.345 e. The van der Waals surface area contributed by atoms with Crippen molar-refractivity contribution < 1.29 is 9.57 Å². The molecule has 0 aliphatic heterocycles. The maximum atomic E-state index is 5.73. The zero-order valence-corrected chi connectivity index (χ0v) is 8.97. The molecule has 1 rings (SSSR count). The molecule has 12 heavy (non-hydrogen) atoms. The van der Waals surface area contributed by atoms with Crippen LogP contribution in [-0.2, 0) is 0 Å². The van der Waals surface area contributed by atoms with Crippen LogP contribution in [0.3, 0.4) is 0 Å². The summed E-state index contributed by atoms with van der Waals surface area (Å²) in [4.78, 5) is 4.82. The summed E-state index contributed by atoms with van der Waals surface area (Å²) < 4.78 is 1.22. The first-order chi connectivity index (χ1) is 5.57. The van der Waals surface area contributed by atoms with Crippen molar-refractivity contribution in [3.63, 3.8) is 0 Å². The maximum absolute atomic E-state index is 5.73. The quantitative estimate of drug-likeness (QED) is 0.550. The normalized spacial score (nSPS) is 10.1. The second kappa shape index (κ2) is 3.88. The Hall–Kier alpha value is 0.110. The highest BCUT2D eigenvalue weighted by Gasteiger charge is 2.21. The molecule has 0 aromatic carbocycles. The van der Waals surface area contributed by atoms with Crippen LogP contribution in [0, 0.1) is 0 Å². The van der Waals surface area contributed by atoms with Gasteiger partial charge in [-0.2, -0.15) is 0 Å². The number of halogens is 4. The standard InChI is InChI=1S/C6H4Cl4NO/c1-12-11-2-3(7)4(8)5(9)6(11)10/h2H,1H3/q+1. The van der Waals surface area contributed by atoms with Gasteiger partial charge in [0.2, 0.25) is 6.20 Å². The average molecular weight is 248 g/mol. The molecule has 0 spiro atoms. The van der Waals surface area contributed by atoms with Crippen LogP contribution >= 0.6 is 46.4 Å². The lowest BCUT2D eigenvalue weighted by Gasteiger charge is -1.98. The first kappa shape index (κ1) is 10.2. The molecular formula is C6H4Cl4NO+. The Bertz CT molecular complexity index is 315. The summed E-state index contributed by atoms with van der Waals surface area (Å²) in [6.45, 7) is 0. The van der Waals surface area contributed by atoms with Crippen molar-refractivity contribution in [3.05, 3.63) is 26.4 Å². The number of nitrogens with zero attached hydrogens (tertiary/aromatic N) is 1. The molecule has 1 aromatic rings. The molecule has 0 fully saturated rings. The third kappa shape index (κ3) is 1.72. The van der Waals surface area contributed by atoms with Gasteiger partial charge in [0, 0.05) is 4.73 Å². The van der Waals surface area contributed by atoms with E-state index in [-0.39, 0.29) is 20.2 Å². The fourth-order valence-corrected chi connectivity index (χ4v) is 1.46. The van der Waals surface area contributed by atoms with E-state index in [1.807, 2.05) is 0 Å². The maximum Gasteiger partial charge on any atom is 0.345 e. The minimum absolute atomic E-state index is 0.174. The molecule has 0 amide bonds. The monoisotopic (exact) mass is 246 g/mol. The van der Waals surface area contributed by atoms with Gasteiger partial charge >= 0.3 is 5.15 Å². The second-order valence-electron chi connectivity index (χ2n) is 1.90. The molecule has 66 valence electrons. The summed E-state index contributed by atoms with van der Waals surface area (Å²) in [7, 11) is 1.44. The van der Waals surface area contributed by atoms with Crippen LogP contribution < -0.4 is 9.57 Å². The fraction of sp³-hybridized carbons (Fsp3) is 0.167. The molecular weight excluding hydrogens is 244 g/mol. The second-order valence-corrected chi connectivity index (χ2v) is 3.43. The summed E-state index contributed by atoms with van der Waals surface area (Å²) >= 11 is 22.8. The first-order valence-corrected chi connectivity index (χ1v) is 4.38. The van der Waals surface area contributed by atoms with Gasteiger partial charge < -0.3 is 0 Å². The number of pyridine rings is 1. The molecule has 1 heterocycles. The van der Waals surface area contributed by atoms with Crippen molar-refractivity contribution in [2.24, 2.45) is 0 Å². The zero-order valence-electron chi connectivity index (χ0n) is 5.94. The van der Waals surface area contributed by atoms with Crippen molar-refractivity contribution in [2.75, 3.05) is 7.11 Å². The summed E-state index contributed by atoms with van der Waals surface area (Å²) in [6.07, 6.45) is 1.43. The van der Waals surface area contributed by atoms with Gasteiger partial charge in [-0.15, -0.1) is 0 Å². The molecule has 0 aliphatic carbocycles. The minimum Gasteiger partial charge on any atom is -0.273 e. The molecule has 0 bridgehead atoms. The number of hydrogen-bond acceptors (Lipinski definition) is 1. The Morgan fingerprint density at radius 2 is 1.75 bits per heavy atom. The van der Waals surface area contributed by atoms with Gasteiger partial charge in [-0.05, 0) is 11.6 Å². The number of rotatable bonds is 1. The Labute approximate surface area is 89.5 Å². The smallest absolute Gasteiger partial charge is 0.273 e. The predicted octanol–water partition coefficient (Wildman–Crippen LogP) is 2.65. The molecule has 0 saturated heterocycles. The van der Waals surface area contributed by atoms with Crippen molar-refractivity contribution >= 4 is 46.4 Å². The van der Waals surface area contributed by atoms with E-state index in [2.05, 4.69) is 0 Å². The molecule has 0 radical (unpaired) electrons. The summed E-state index contributed by atoms with van der Waals surface area (Å²) in [5.74, 6) is 0. The van der Waals surface area contributed by atoms with Gasteiger partial charge in [-0.25, -0.2) is 0 Å². The Kier molecular flexibility index (Phi) is 3.29. The van der Waals surface area contributed by atoms with Gasteiger partial charge in [0.25, 0.3) is 0 Å². The van der Waals surface area contributed by atoms with E-state index in [0.29, 0.717) is 0 Å². The lowest BCUT2D eigenvalue weighted by molar-refractivity contribution is -0.883. The van der Waals surface area contributed by atoms with E-state index in [4.69, 9.17) is 51.2 Å². The molecule has 6 heteroatoms. The van der Waals surface area contributed by atoms with E-state index < -0.39 is 0 Å². The van der Waals surface area contributed by atoms with Crippen LogP contribution in [0.5, 0.6) is 0 Å². The highest BCUT2D eigenvalue weighted by atomic mass is 35.5. The fourth-order valence-electron chi connectivity index (χ4n) is 0.641. The highest BCUT2D eigenvalue weighted by Crippen LogP contribution is 2.32. The lowest BCUT2D eigenvalue weighted by Crippen LogP contribution is -2.41. The third-order valence-corrected chi connectivity index (χ3v) is 2.90. The van der Waals surface area contributed by atoms with E-state index in [0.717, 1.165) is 0 Å². The Morgan fingerprint density at radius 3 is 2.25 bits per heavy atom. The summed E-state index contributed by atoms with van der Waals surface area (Å²) in [5.41, 5.74) is 0. The Balaban J connectivity index is 3.39. The van der Waals surface area contributed by atoms with E-state index in [9.17, 15) is 0 Å². The average Bonchev–Trinajstić information content (AvgIpc) is 2.08. The molecule has 0 unspecified atom stereocenters. The van der Waals surface area contributed by atoms with Crippen molar-refractivity contribution in [1.29, 1.82) is 0 Å². The molecule has 0 atom stereocenters.